The third kappa shape index (κ3) is 7.61. The number of ether oxygens (including phenoxy) is 2. The maximum atomic E-state index is 13.6. The van der Waals surface area contributed by atoms with Gasteiger partial charge in [-0.3, -0.25) is 13.9 Å². The molecule has 0 spiro atoms. The normalized spacial score (nSPS) is 11.9. The average Bonchev–Trinajstić information content (AvgIpc) is 2.83. The summed E-state index contributed by atoms with van der Waals surface area (Å²) >= 11 is 0. The Hall–Kier alpha value is -3.27. The van der Waals surface area contributed by atoms with Crippen molar-refractivity contribution in [2.75, 3.05) is 37.9 Å². The average molecular weight is 506 g/mol. The molecule has 2 rings (SSSR count). The highest BCUT2D eigenvalue weighted by Crippen LogP contribution is 2.34. The number of hydrogen-bond acceptors (Lipinski definition) is 6. The van der Waals surface area contributed by atoms with Crippen molar-refractivity contribution in [3.8, 4) is 11.5 Å². The van der Waals surface area contributed by atoms with Crippen molar-refractivity contribution in [3.63, 3.8) is 0 Å². The molecule has 0 aromatic heterocycles. The molecule has 0 unspecified atom stereocenters. The number of carbonyl (C=O) groups excluding carboxylic acids is 2. The number of benzene rings is 2. The first kappa shape index (κ1) is 28.0. The van der Waals surface area contributed by atoms with E-state index in [1.54, 1.807) is 19.1 Å². The van der Waals surface area contributed by atoms with Crippen LogP contribution in [0.5, 0.6) is 11.5 Å². The lowest BCUT2D eigenvalue weighted by atomic mass is 10.1. The van der Waals surface area contributed by atoms with Crippen LogP contribution in [0, 0.1) is 6.92 Å². The first-order valence-corrected chi connectivity index (χ1v) is 13.2. The fourth-order valence-electron chi connectivity index (χ4n) is 3.46. The van der Waals surface area contributed by atoms with Crippen LogP contribution in [0.4, 0.5) is 5.69 Å². The molecule has 0 aliphatic heterocycles. The van der Waals surface area contributed by atoms with E-state index in [0.717, 1.165) is 28.1 Å². The molecule has 10 heteroatoms. The van der Waals surface area contributed by atoms with Crippen LogP contribution in [0.1, 0.15) is 31.4 Å². The monoisotopic (exact) mass is 505 g/mol. The van der Waals surface area contributed by atoms with Crippen molar-refractivity contribution >= 4 is 27.5 Å². The van der Waals surface area contributed by atoms with Crippen LogP contribution < -0.4 is 19.1 Å². The minimum atomic E-state index is -3.89. The number of hydrogen-bond donors (Lipinski definition) is 1. The molecule has 0 bridgehead atoms. The molecule has 0 fully saturated rings. The zero-order valence-electron chi connectivity index (χ0n) is 21.2. The van der Waals surface area contributed by atoms with Gasteiger partial charge in [0.2, 0.25) is 21.8 Å². The van der Waals surface area contributed by atoms with Gasteiger partial charge in [0.25, 0.3) is 0 Å². The number of nitrogens with zero attached hydrogens (tertiary/aromatic N) is 2. The van der Waals surface area contributed by atoms with Crippen LogP contribution in [-0.2, 0) is 26.2 Å². The summed E-state index contributed by atoms with van der Waals surface area (Å²) in [6, 6.07) is 11.5. The third-order valence-electron chi connectivity index (χ3n) is 5.52. The lowest BCUT2D eigenvalue weighted by molar-refractivity contribution is -0.139. The van der Waals surface area contributed by atoms with Crippen molar-refractivity contribution in [1.29, 1.82) is 0 Å². The second kappa shape index (κ2) is 12.4. The molecule has 0 aliphatic rings. The summed E-state index contributed by atoms with van der Waals surface area (Å²) in [6.45, 7) is 5.64. The van der Waals surface area contributed by atoms with Crippen molar-refractivity contribution < 1.29 is 27.5 Å². The Balaban J connectivity index is 2.45. The molecule has 0 aliphatic carbocycles. The summed E-state index contributed by atoms with van der Waals surface area (Å²) in [5, 5.41) is 2.81. The molecule has 0 saturated carbocycles. The Morgan fingerprint density at radius 1 is 1.06 bits per heavy atom. The molecule has 2 aromatic carbocycles. The maximum absolute atomic E-state index is 13.6. The van der Waals surface area contributed by atoms with E-state index in [-0.39, 0.29) is 23.9 Å². The molecule has 1 atom stereocenters. The van der Waals surface area contributed by atoms with Gasteiger partial charge >= 0.3 is 0 Å². The van der Waals surface area contributed by atoms with Crippen molar-refractivity contribution in [2.24, 2.45) is 0 Å². The molecule has 0 heterocycles. The number of carbonyl (C=O) groups is 2. The second-order valence-electron chi connectivity index (χ2n) is 8.28. The van der Waals surface area contributed by atoms with Crippen LogP contribution in [-0.4, -0.2) is 64.7 Å². The molecule has 35 heavy (non-hydrogen) atoms. The van der Waals surface area contributed by atoms with Gasteiger partial charge in [-0.05, 0) is 38.0 Å². The van der Waals surface area contributed by atoms with Gasteiger partial charge in [-0.25, -0.2) is 8.42 Å². The summed E-state index contributed by atoms with van der Waals surface area (Å²) in [7, 11) is -1.02. The standard InChI is InChI=1S/C25H35N3O6S/c1-7-14-26-25(30)19(3)27(16-20-10-8-18(2)9-11-20)24(29)17-28(35(6,31)32)22-15-21(33-4)12-13-23(22)34-5/h8-13,15,19H,7,14,16-17H2,1-6H3,(H,26,30)/t19-/m0/s1. The minimum absolute atomic E-state index is 0.146. The van der Waals surface area contributed by atoms with Gasteiger partial charge in [-0.1, -0.05) is 36.8 Å². The van der Waals surface area contributed by atoms with Gasteiger partial charge in [-0.15, -0.1) is 0 Å². The number of rotatable bonds is 12. The second-order valence-corrected chi connectivity index (χ2v) is 10.2. The quantitative estimate of drug-likeness (QED) is 0.476. The number of methoxy groups -OCH3 is 2. The smallest absolute Gasteiger partial charge is 0.244 e. The van der Waals surface area contributed by atoms with Crippen molar-refractivity contribution in [1.82, 2.24) is 10.2 Å². The fraction of sp³-hybridized carbons (Fsp3) is 0.440. The Labute approximate surface area is 208 Å². The highest BCUT2D eigenvalue weighted by molar-refractivity contribution is 7.92. The van der Waals surface area contributed by atoms with Gasteiger partial charge in [0.05, 0.1) is 26.2 Å². The topological polar surface area (TPSA) is 105 Å². The first-order chi connectivity index (χ1) is 16.5. The predicted octanol–water partition coefficient (Wildman–Crippen LogP) is 2.72. The highest BCUT2D eigenvalue weighted by atomic mass is 32.2. The SMILES string of the molecule is CCCNC(=O)[C@H](C)N(Cc1ccc(C)cc1)C(=O)CN(c1cc(OC)ccc1OC)S(C)(=O)=O. The Bertz CT molecular complexity index is 1120. The maximum Gasteiger partial charge on any atom is 0.244 e. The molecule has 0 radical (unpaired) electrons. The molecule has 0 saturated heterocycles. The first-order valence-electron chi connectivity index (χ1n) is 11.3. The van der Waals surface area contributed by atoms with E-state index in [1.165, 1.54) is 25.2 Å². The molecule has 192 valence electrons. The Morgan fingerprint density at radius 3 is 2.26 bits per heavy atom. The highest BCUT2D eigenvalue weighted by Gasteiger charge is 2.31. The summed E-state index contributed by atoms with van der Waals surface area (Å²) in [5.74, 6) is -0.161. The van der Waals surface area contributed by atoms with Gasteiger partial charge in [-0.2, -0.15) is 0 Å². The van der Waals surface area contributed by atoms with Crippen LogP contribution in [0.15, 0.2) is 42.5 Å². The zero-order valence-corrected chi connectivity index (χ0v) is 22.0. The zero-order chi connectivity index (χ0) is 26.2. The van der Waals surface area contributed by atoms with Crippen LogP contribution in [0.25, 0.3) is 0 Å². The van der Waals surface area contributed by atoms with E-state index in [1.807, 2.05) is 38.1 Å². The van der Waals surface area contributed by atoms with Gasteiger partial charge in [0, 0.05) is 19.2 Å². The van der Waals surface area contributed by atoms with E-state index in [9.17, 15) is 18.0 Å². The van der Waals surface area contributed by atoms with E-state index >= 15 is 0 Å². The van der Waals surface area contributed by atoms with Crippen LogP contribution in [0.2, 0.25) is 0 Å². The lowest BCUT2D eigenvalue weighted by Gasteiger charge is -2.32. The number of amides is 2. The molecular weight excluding hydrogens is 470 g/mol. The van der Waals surface area contributed by atoms with E-state index in [0.29, 0.717) is 12.3 Å². The number of nitrogens with one attached hydrogen (secondary N) is 1. The van der Waals surface area contributed by atoms with E-state index in [2.05, 4.69) is 5.32 Å². The lowest BCUT2D eigenvalue weighted by Crippen LogP contribution is -2.51. The number of sulfonamides is 1. The molecule has 9 nitrogen and oxygen atoms in total. The molecule has 2 aromatic rings. The summed E-state index contributed by atoms with van der Waals surface area (Å²) < 4.78 is 37.1. The van der Waals surface area contributed by atoms with Gasteiger partial charge in [0.15, 0.2) is 0 Å². The van der Waals surface area contributed by atoms with Gasteiger partial charge < -0.3 is 19.7 Å². The summed E-state index contributed by atoms with van der Waals surface area (Å²) in [5.41, 5.74) is 2.05. The fourth-order valence-corrected chi connectivity index (χ4v) is 4.30. The summed E-state index contributed by atoms with van der Waals surface area (Å²) in [6.07, 6.45) is 1.77. The van der Waals surface area contributed by atoms with Crippen molar-refractivity contribution in [3.05, 3.63) is 53.6 Å². The molecule has 1 N–H and O–H groups in total. The third-order valence-corrected chi connectivity index (χ3v) is 6.65. The Morgan fingerprint density at radius 2 is 1.71 bits per heavy atom. The molecule has 2 amide bonds. The number of anilines is 1. The largest absolute Gasteiger partial charge is 0.497 e. The summed E-state index contributed by atoms with van der Waals surface area (Å²) in [4.78, 5) is 27.7. The number of aryl methyl sites for hydroxylation is 1. The Kier molecular flexibility index (Phi) is 9.94. The van der Waals surface area contributed by atoms with E-state index in [4.69, 9.17) is 9.47 Å². The molecular formula is C25H35N3O6S. The minimum Gasteiger partial charge on any atom is -0.497 e. The van der Waals surface area contributed by atoms with Gasteiger partial charge in [0.1, 0.15) is 24.1 Å². The van der Waals surface area contributed by atoms with Crippen molar-refractivity contribution in [2.45, 2.75) is 39.8 Å². The van der Waals surface area contributed by atoms with E-state index < -0.39 is 28.5 Å². The van der Waals surface area contributed by atoms with Crippen LogP contribution in [0.3, 0.4) is 0 Å². The van der Waals surface area contributed by atoms with Crippen LogP contribution >= 0.6 is 0 Å². The predicted molar refractivity (Wildman–Crippen MR) is 136 cm³/mol.